The lowest BCUT2D eigenvalue weighted by Gasteiger charge is -2.60. The quantitative estimate of drug-likeness (QED) is 0.425. The molecule has 0 spiro atoms. The summed E-state index contributed by atoms with van der Waals surface area (Å²) in [6, 6.07) is 0. The van der Waals surface area contributed by atoms with Gasteiger partial charge in [0.15, 0.2) is 0 Å². The molecule has 0 aromatic carbocycles. The molecular formula is C28H43NO3. The van der Waals surface area contributed by atoms with E-state index in [1.165, 1.54) is 25.7 Å². The molecule has 0 aromatic rings. The van der Waals surface area contributed by atoms with Crippen LogP contribution in [0.5, 0.6) is 0 Å². The predicted octanol–water partition coefficient (Wildman–Crippen LogP) is 4.31. The number of aliphatic hydroxyl groups excluding tert-OH is 2. The summed E-state index contributed by atoms with van der Waals surface area (Å²) in [7, 11) is 0. The molecule has 0 saturated heterocycles. The van der Waals surface area contributed by atoms with Crippen LogP contribution in [0.4, 0.5) is 0 Å². The van der Waals surface area contributed by atoms with Crippen LogP contribution in [0.1, 0.15) is 78.1 Å². The zero-order valence-corrected chi connectivity index (χ0v) is 20.0. The number of rotatable bonds is 6. The minimum Gasteiger partial charge on any atom is -0.393 e. The summed E-state index contributed by atoms with van der Waals surface area (Å²) in [6.45, 7) is 5.15. The molecule has 0 radical (unpaired) electrons. The van der Waals surface area contributed by atoms with Crippen molar-refractivity contribution < 1.29 is 15.0 Å². The van der Waals surface area contributed by atoms with E-state index in [-0.39, 0.29) is 24.7 Å². The van der Waals surface area contributed by atoms with Gasteiger partial charge in [0.1, 0.15) is 0 Å². The van der Waals surface area contributed by atoms with Crippen molar-refractivity contribution in [2.24, 2.45) is 46.8 Å². The molecule has 0 aliphatic heterocycles. The minimum absolute atomic E-state index is 0.108. The molecule has 4 saturated carbocycles. The van der Waals surface area contributed by atoms with Gasteiger partial charge in [-0.25, -0.2) is 0 Å². The number of amides is 1. The molecule has 4 rings (SSSR count). The molecule has 1 amide bonds. The Morgan fingerprint density at radius 2 is 1.97 bits per heavy atom. The van der Waals surface area contributed by atoms with Gasteiger partial charge in [-0.3, -0.25) is 4.79 Å². The van der Waals surface area contributed by atoms with E-state index in [0.29, 0.717) is 35.0 Å². The normalized spacial score (nSPS) is 44.2. The van der Waals surface area contributed by atoms with Gasteiger partial charge in [0, 0.05) is 0 Å². The Balaban J connectivity index is 1.36. The number of fused-ring (bicyclic) bond motifs is 5. The Hall–Kier alpha value is -1.31. The minimum atomic E-state index is -0.185. The first kappa shape index (κ1) is 23.8. The third-order valence-electron chi connectivity index (χ3n) is 10.2. The maximum Gasteiger partial charge on any atom is 0.244 e. The topological polar surface area (TPSA) is 69.6 Å². The molecular weight excluding hydrogens is 398 g/mol. The van der Waals surface area contributed by atoms with Gasteiger partial charge in [0.05, 0.1) is 18.8 Å². The summed E-state index contributed by atoms with van der Waals surface area (Å²) in [5.41, 5.74) is 0.308. The van der Waals surface area contributed by atoms with Crippen LogP contribution in [0.3, 0.4) is 0 Å². The van der Waals surface area contributed by atoms with Crippen molar-refractivity contribution in [2.45, 2.75) is 90.3 Å². The summed E-state index contributed by atoms with van der Waals surface area (Å²) in [5.74, 6) is 6.70. The third kappa shape index (κ3) is 4.53. The average molecular weight is 442 g/mol. The first-order chi connectivity index (χ1) is 15.3. The van der Waals surface area contributed by atoms with Gasteiger partial charge >= 0.3 is 0 Å². The van der Waals surface area contributed by atoms with E-state index in [9.17, 15) is 15.0 Å². The number of hydrogen-bond acceptors (Lipinski definition) is 3. The van der Waals surface area contributed by atoms with Crippen molar-refractivity contribution in [2.75, 3.05) is 6.54 Å². The summed E-state index contributed by atoms with van der Waals surface area (Å²) >= 11 is 0. The molecule has 178 valence electrons. The van der Waals surface area contributed by atoms with Gasteiger partial charge in [0.2, 0.25) is 5.91 Å². The molecule has 0 aromatic heterocycles. The van der Waals surface area contributed by atoms with Crippen LogP contribution in [0.15, 0.2) is 12.2 Å². The molecule has 0 heterocycles. The largest absolute Gasteiger partial charge is 0.393 e. The average Bonchev–Trinajstić information content (AvgIpc) is 3.21. The van der Waals surface area contributed by atoms with E-state index in [0.717, 1.165) is 50.4 Å². The Bertz CT molecular complexity index is 741. The Labute approximate surface area is 194 Å². The van der Waals surface area contributed by atoms with Crippen LogP contribution in [-0.2, 0) is 4.79 Å². The van der Waals surface area contributed by atoms with Gasteiger partial charge < -0.3 is 15.5 Å². The Kier molecular flexibility index (Phi) is 7.37. The Morgan fingerprint density at radius 3 is 2.75 bits per heavy atom. The van der Waals surface area contributed by atoms with Crippen LogP contribution in [-0.4, -0.2) is 34.9 Å². The molecule has 3 N–H and O–H groups in total. The van der Waals surface area contributed by atoms with E-state index >= 15 is 0 Å². The van der Waals surface area contributed by atoms with Crippen molar-refractivity contribution in [3.05, 3.63) is 12.2 Å². The van der Waals surface area contributed by atoms with Crippen LogP contribution in [0.2, 0.25) is 0 Å². The number of nitrogens with one attached hydrogen (secondary N) is 1. The van der Waals surface area contributed by atoms with Gasteiger partial charge in [-0.2, -0.15) is 0 Å². The first-order valence-corrected chi connectivity index (χ1v) is 13.1. The number of hydrogen-bond donors (Lipinski definition) is 3. The van der Waals surface area contributed by atoms with E-state index in [1.54, 1.807) is 6.08 Å². The van der Waals surface area contributed by atoms with Crippen LogP contribution in [0, 0.1) is 59.2 Å². The summed E-state index contributed by atoms with van der Waals surface area (Å²) in [4.78, 5) is 11.7. The van der Waals surface area contributed by atoms with Gasteiger partial charge in [-0.1, -0.05) is 25.8 Å². The highest BCUT2D eigenvalue weighted by Crippen LogP contribution is 2.64. The zero-order valence-electron chi connectivity index (χ0n) is 20.0. The molecule has 10 atom stereocenters. The van der Waals surface area contributed by atoms with Crippen molar-refractivity contribution >= 4 is 5.91 Å². The summed E-state index contributed by atoms with van der Waals surface area (Å²) in [5, 5.41) is 24.2. The standard InChI is InChI=1S/C28H43NO3/c1-4-15-29-26(32)8-6-5-7-18(2)21-9-10-23-22(21)11-12-24-27(23)25(31)17-19-16-20(30)13-14-28(19,24)3/h1,6,8,18-25,27,30-31H,5,7,9-17H2,2-3H3,(H,29,32)/b8-6+. The highest BCUT2D eigenvalue weighted by molar-refractivity contribution is 5.87. The first-order valence-electron chi connectivity index (χ1n) is 13.1. The molecule has 10 unspecified atom stereocenters. The molecule has 0 bridgehead atoms. The molecule has 4 fully saturated rings. The van der Waals surface area contributed by atoms with E-state index in [2.05, 4.69) is 25.1 Å². The van der Waals surface area contributed by atoms with Crippen molar-refractivity contribution in [1.29, 1.82) is 0 Å². The summed E-state index contributed by atoms with van der Waals surface area (Å²) < 4.78 is 0. The maximum atomic E-state index is 11.7. The van der Waals surface area contributed by atoms with E-state index in [1.807, 2.05) is 6.08 Å². The number of carbonyl (C=O) groups is 1. The monoisotopic (exact) mass is 441 g/mol. The smallest absolute Gasteiger partial charge is 0.244 e. The number of carbonyl (C=O) groups excluding carboxylic acids is 1. The summed E-state index contributed by atoms with van der Waals surface area (Å²) in [6.07, 6.45) is 19.4. The van der Waals surface area contributed by atoms with Crippen LogP contribution < -0.4 is 5.32 Å². The highest BCUT2D eigenvalue weighted by Gasteiger charge is 2.59. The van der Waals surface area contributed by atoms with Crippen LogP contribution >= 0.6 is 0 Å². The number of allylic oxidation sites excluding steroid dienone is 1. The lowest BCUT2D eigenvalue weighted by Crippen LogP contribution is -2.56. The third-order valence-corrected chi connectivity index (χ3v) is 10.2. The molecule has 32 heavy (non-hydrogen) atoms. The van der Waals surface area contributed by atoms with Crippen molar-refractivity contribution in [3.8, 4) is 12.3 Å². The van der Waals surface area contributed by atoms with Crippen molar-refractivity contribution in [1.82, 2.24) is 5.32 Å². The highest BCUT2D eigenvalue weighted by atomic mass is 16.3. The molecule has 4 aliphatic rings. The second-order valence-electron chi connectivity index (χ2n) is 11.6. The second-order valence-corrected chi connectivity index (χ2v) is 11.6. The SMILES string of the molecule is C#CCNC(=O)/C=C/CCC(C)C1CCC2C1CCC1C2C(O)CC2CC(O)CCC21C. The molecule has 4 aliphatic carbocycles. The van der Waals surface area contributed by atoms with E-state index < -0.39 is 0 Å². The zero-order chi connectivity index (χ0) is 22.9. The fourth-order valence-corrected chi connectivity index (χ4v) is 8.59. The van der Waals surface area contributed by atoms with Crippen LogP contribution in [0.25, 0.3) is 0 Å². The lowest BCUT2D eigenvalue weighted by atomic mass is 9.46. The van der Waals surface area contributed by atoms with Gasteiger partial charge in [-0.05, 0) is 117 Å². The number of aliphatic hydroxyl groups is 2. The predicted molar refractivity (Wildman–Crippen MR) is 127 cm³/mol. The maximum absolute atomic E-state index is 11.7. The second kappa shape index (κ2) is 9.90. The van der Waals surface area contributed by atoms with Gasteiger partial charge in [-0.15, -0.1) is 6.42 Å². The molecule has 4 heteroatoms. The fourth-order valence-electron chi connectivity index (χ4n) is 8.59. The number of terminal acetylenes is 1. The fraction of sp³-hybridized carbons (Fsp3) is 0.821. The lowest BCUT2D eigenvalue weighted by molar-refractivity contribution is -0.158. The van der Waals surface area contributed by atoms with E-state index in [4.69, 9.17) is 6.42 Å². The van der Waals surface area contributed by atoms with Gasteiger partial charge in [0.25, 0.3) is 0 Å². The molecule has 4 nitrogen and oxygen atoms in total. The van der Waals surface area contributed by atoms with Crippen molar-refractivity contribution in [3.63, 3.8) is 0 Å². The Morgan fingerprint density at radius 1 is 1.19 bits per heavy atom.